The monoisotopic (exact) mass is 452 g/mol. The van der Waals surface area contributed by atoms with Crippen molar-refractivity contribution in [3.05, 3.63) is 63.5 Å². The van der Waals surface area contributed by atoms with Gasteiger partial charge in [0.25, 0.3) is 5.91 Å². The van der Waals surface area contributed by atoms with Crippen molar-refractivity contribution in [2.24, 2.45) is 0 Å². The number of anilines is 1. The molecule has 3 aromatic rings. The molecule has 9 nitrogen and oxygen atoms in total. The Hall–Kier alpha value is -4.36. The van der Waals surface area contributed by atoms with Gasteiger partial charge < -0.3 is 25.4 Å². The van der Waals surface area contributed by atoms with E-state index in [4.69, 9.17) is 4.74 Å². The predicted molar refractivity (Wildman–Crippen MR) is 116 cm³/mol. The maximum atomic E-state index is 12.9. The highest BCUT2D eigenvalue weighted by Crippen LogP contribution is 2.40. The number of thiophene rings is 1. The number of nitriles is 1. The molecule has 0 bridgehead atoms. The fourth-order valence-electron chi connectivity index (χ4n) is 3.14. The second kappa shape index (κ2) is 8.79. The number of aryl methyl sites for hydroxylation is 1. The molecule has 32 heavy (non-hydrogen) atoms. The number of carbonyl (C=O) groups excluding carboxylic acids is 1. The molecule has 2 aromatic carbocycles. The number of ether oxygens (including phenoxy) is 1. The summed E-state index contributed by atoms with van der Waals surface area (Å²) in [5, 5.41) is 40.7. The summed E-state index contributed by atoms with van der Waals surface area (Å²) in [5.74, 6) is -4.12. The molecule has 162 valence electrons. The number of hydrogen-bond donors (Lipinski definition) is 4. The van der Waals surface area contributed by atoms with Crippen LogP contribution in [0.2, 0.25) is 0 Å². The first kappa shape index (κ1) is 22.3. The van der Waals surface area contributed by atoms with Crippen LogP contribution in [0.5, 0.6) is 11.5 Å². The van der Waals surface area contributed by atoms with Crippen LogP contribution in [0.1, 0.15) is 41.5 Å². The third-order valence-corrected chi connectivity index (χ3v) is 5.66. The molecular weight excluding hydrogens is 436 g/mol. The van der Waals surface area contributed by atoms with Gasteiger partial charge in [-0.1, -0.05) is 12.1 Å². The highest BCUT2D eigenvalue weighted by atomic mass is 32.1. The van der Waals surface area contributed by atoms with E-state index in [0.29, 0.717) is 17.4 Å². The Kier molecular flexibility index (Phi) is 6.13. The lowest BCUT2D eigenvalue weighted by Crippen LogP contribution is -2.17. The summed E-state index contributed by atoms with van der Waals surface area (Å²) in [7, 11) is 1.53. The van der Waals surface area contributed by atoms with Gasteiger partial charge in [0.2, 0.25) is 0 Å². The molecule has 1 aromatic heterocycles. The van der Waals surface area contributed by atoms with Gasteiger partial charge in [-0.05, 0) is 36.8 Å². The summed E-state index contributed by atoms with van der Waals surface area (Å²) in [4.78, 5) is 36.4. The molecule has 1 heterocycles. The zero-order valence-corrected chi connectivity index (χ0v) is 17.6. The van der Waals surface area contributed by atoms with Crippen molar-refractivity contribution in [1.29, 1.82) is 5.26 Å². The maximum Gasteiger partial charge on any atom is 0.339 e. The summed E-state index contributed by atoms with van der Waals surface area (Å²) in [6, 6.07) is 10.5. The number of aromatic hydroxyl groups is 1. The standard InChI is InChI=1S/C22H16N2O7S/c1-10-18(11-3-5-12(31-2)6-4-11)16(9-23)20(32-10)24-19(26)13-7-15(22(29)30)17(25)8-14(13)21(27)28/h3-8,25H,1-2H3,(H,24,26)(H,27,28)(H,29,30). The second-order valence-corrected chi connectivity index (χ2v) is 7.78. The number of amides is 1. The molecule has 0 radical (unpaired) electrons. The minimum Gasteiger partial charge on any atom is -0.507 e. The van der Waals surface area contributed by atoms with Crippen molar-refractivity contribution in [3.8, 4) is 28.7 Å². The second-order valence-electron chi connectivity index (χ2n) is 6.56. The largest absolute Gasteiger partial charge is 0.507 e. The number of hydrogen-bond acceptors (Lipinski definition) is 7. The Morgan fingerprint density at radius 3 is 2.19 bits per heavy atom. The van der Waals surface area contributed by atoms with Crippen LogP contribution < -0.4 is 10.1 Å². The van der Waals surface area contributed by atoms with Crippen molar-refractivity contribution < 1.29 is 34.4 Å². The first-order valence-electron chi connectivity index (χ1n) is 9.00. The number of nitrogens with zero attached hydrogens (tertiary/aromatic N) is 1. The zero-order chi connectivity index (χ0) is 23.6. The fourth-order valence-corrected chi connectivity index (χ4v) is 4.16. The van der Waals surface area contributed by atoms with Crippen LogP contribution in [-0.2, 0) is 0 Å². The van der Waals surface area contributed by atoms with Crippen molar-refractivity contribution >= 4 is 34.2 Å². The lowest BCUT2D eigenvalue weighted by Gasteiger charge is -2.10. The molecule has 1 amide bonds. The highest BCUT2D eigenvalue weighted by Gasteiger charge is 2.25. The molecule has 0 saturated heterocycles. The molecule has 0 aliphatic carbocycles. The zero-order valence-electron chi connectivity index (χ0n) is 16.8. The lowest BCUT2D eigenvalue weighted by molar-refractivity contribution is 0.0676. The first-order valence-corrected chi connectivity index (χ1v) is 9.82. The van der Waals surface area contributed by atoms with Crippen molar-refractivity contribution in [1.82, 2.24) is 0 Å². The van der Waals surface area contributed by atoms with Crippen LogP contribution >= 0.6 is 11.3 Å². The van der Waals surface area contributed by atoms with Crippen LogP contribution in [0.3, 0.4) is 0 Å². The van der Waals surface area contributed by atoms with E-state index >= 15 is 0 Å². The van der Waals surface area contributed by atoms with Crippen LogP contribution in [-0.4, -0.2) is 40.3 Å². The van der Waals surface area contributed by atoms with Gasteiger partial charge in [-0.25, -0.2) is 9.59 Å². The van der Waals surface area contributed by atoms with E-state index in [9.17, 15) is 35.0 Å². The molecule has 0 aliphatic rings. The Morgan fingerprint density at radius 2 is 1.66 bits per heavy atom. The predicted octanol–water partition coefficient (Wildman–Crippen LogP) is 3.96. The number of carboxylic acids is 2. The van der Waals surface area contributed by atoms with Gasteiger partial charge in [-0.2, -0.15) is 5.26 Å². The molecule has 0 fully saturated rings. The van der Waals surface area contributed by atoms with Gasteiger partial charge in [0.05, 0.1) is 23.8 Å². The average molecular weight is 452 g/mol. The van der Waals surface area contributed by atoms with Gasteiger partial charge in [0.1, 0.15) is 28.1 Å². The van der Waals surface area contributed by atoms with E-state index in [2.05, 4.69) is 11.4 Å². The Balaban J connectivity index is 2.06. The van der Waals surface area contributed by atoms with E-state index in [1.807, 2.05) is 0 Å². The van der Waals surface area contributed by atoms with E-state index < -0.39 is 40.3 Å². The lowest BCUT2D eigenvalue weighted by atomic mass is 10.0. The van der Waals surface area contributed by atoms with Crippen molar-refractivity contribution in [2.75, 3.05) is 12.4 Å². The molecule has 0 spiro atoms. The van der Waals surface area contributed by atoms with E-state index in [1.54, 1.807) is 31.2 Å². The minimum absolute atomic E-state index is 0.181. The number of nitrogens with one attached hydrogen (secondary N) is 1. The summed E-state index contributed by atoms with van der Waals surface area (Å²) in [6.07, 6.45) is 0. The van der Waals surface area contributed by atoms with Gasteiger partial charge in [-0.15, -0.1) is 11.3 Å². The van der Waals surface area contributed by atoms with Gasteiger partial charge >= 0.3 is 11.9 Å². The summed E-state index contributed by atoms with van der Waals surface area (Å²) in [5.41, 5.74) is -0.158. The number of rotatable bonds is 6. The number of methoxy groups -OCH3 is 1. The molecule has 0 unspecified atom stereocenters. The van der Waals surface area contributed by atoms with Crippen LogP contribution in [0, 0.1) is 18.3 Å². The summed E-state index contributed by atoms with van der Waals surface area (Å²) in [6.45, 7) is 1.77. The highest BCUT2D eigenvalue weighted by molar-refractivity contribution is 7.17. The molecule has 0 aliphatic heterocycles. The fraction of sp³-hybridized carbons (Fsp3) is 0.0909. The average Bonchev–Trinajstić information content (AvgIpc) is 3.07. The third-order valence-electron chi connectivity index (χ3n) is 4.64. The molecule has 4 N–H and O–H groups in total. The SMILES string of the molecule is COc1ccc(-c2c(C)sc(NC(=O)c3cc(C(=O)O)c(O)cc3C(=O)O)c2C#N)cc1. The normalized spacial score (nSPS) is 10.3. The quantitative estimate of drug-likeness (QED) is 0.438. The van der Waals surface area contributed by atoms with Crippen LogP contribution in [0.15, 0.2) is 36.4 Å². The molecule has 10 heteroatoms. The number of carboxylic acid groups (broad SMARTS) is 2. The van der Waals surface area contributed by atoms with Crippen LogP contribution in [0.25, 0.3) is 11.1 Å². The number of phenols is 1. The van der Waals surface area contributed by atoms with Crippen molar-refractivity contribution in [3.63, 3.8) is 0 Å². The Morgan fingerprint density at radius 1 is 1.03 bits per heavy atom. The smallest absolute Gasteiger partial charge is 0.339 e. The summed E-state index contributed by atoms with van der Waals surface area (Å²) < 4.78 is 5.14. The van der Waals surface area contributed by atoms with Gasteiger partial charge in [0, 0.05) is 10.4 Å². The number of aromatic carboxylic acids is 2. The third kappa shape index (κ3) is 4.10. The topological polar surface area (TPSA) is 157 Å². The molecule has 0 saturated carbocycles. The van der Waals surface area contributed by atoms with Crippen LogP contribution in [0.4, 0.5) is 5.00 Å². The Bertz CT molecular complexity index is 1290. The summed E-state index contributed by atoms with van der Waals surface area (Å²) >= 11 is 1.12. The number of carbonyl (C=O) groups is 3. The maximum absolute atomic E-state index is 12.9. The Labute approximate surface area is 185 Å². The minimum atomic E-state index is -1.53. The number of benzene rings is 2. The van der Waals surface area contributed by atoms with Crippen molar-refractivity contribution in [2.45, 2.75) is 6.92 Å². The van der Waals surface area contributed by atoms with Gasteiger partial charge in [0.15, 0.2) is 0 Å². The first-order chi connectivity index (χ1) is 15.2. The van der Waals surface area contributed by atoms with E-state index in [1.165, 1.54) is 7.11 Å². The molecule has 3 rings (SSSR count). The van der Waals surface area contributed by atoms with Gasteiger partial charge in [-0.3, -0.25) is 4.79 Å². The van der Waals surface area contributed by atoms with E-state index in [0.717, 1.165) is 27.8 Å². The molecule has 0 atom stereocenters. The van der Waals surface area contributed by atoms with E-state index in [-0.39, 0.29) is 10.6 Å². The molecular formula is C22H16N2O7S.